The first-order valence-electron chi connectivity index (χ1n) is 6.61. The van der Waals surface area contributed by atoms with E-state index in [1.807, 2.05) is 12.1 Å². The molecule has 0 aliphatic carbocycles. The number of hydrogen-bond acceptors (Lipinski definition) is 4. The summed E-state index contributed by atoms with van der Waals surface area (Å²) in [5.74, 6) is 0. The van der Waals surface area contributed by atoms with Crippen molar-refractivity contribution in [1.29, 1.82) is 0 Å². The van der Waals surface area contributed by atoms with Gasteiger partial charge in [-0.3, -0.25) is 4.18 Å². The Morgan fingerprint density at radius 2 is 2.00 bits per heavy atom. The van der Waals surface area contributed by atoms with Gasteiger partial charge >= 0.3 is 6.09 Å². The van der Waals surface area contributed by atoms with E-state index in [2.05, 4.69) is 0 Å². The number of nitrogens with zero attached hydrogens (tertiary/aromatic N) is 1. The third kappa shape index (κ3) is 4.18. The number of benzene rings is 1. The first-order valence-corrected chi connectivity index (χ1v) is 8.02. The van der Waals surface area contributed by atoms with Crippen molar-refractivity contribution in [3.63, 3.8) is 0 Å². The topological polar surface area (TPSA) is 55.8 Å². The fourth-order valence-electron chi connectivity index (χ4n) is 1.99. The maximum atomic E-state index is 12.3. The standard InChI is InChI=1S/C14H18ClNO4S/c1-14(2,3)20-13(17)16-12(8-9-19-21(16)18)10-4-6-11(15)7-5-10/h4-7,12H,8-9H2,1-3H3/t12-,21?/m0/s1. The summed E-state index contributed by atoms with van der Waals surface area (Å²) in [6.45, 7) is 5.60. The van der Waals surface area contributed by atoms with Crippen molar-refractivity contribution in [2.24, 2.45) is 0 Å². The fraction of sp³-hybridized carbons (Fsp3) is 0.500. The van der Waals surface area contributed by atoms with Crippen molar-refractivity contribution in [1.82, 2.24) is 4.31 Å². The predicted octanol–water partition coefficient (Wildman–Crippen LogP) is 3.62. The van der Waals surface area contributed by atoms with Crippen LogP contribution in [0.1, 0.15) is 38.8 Å². The summed E-state index contributed by atoms with van der Waals surface area (Å²) in [4.78, 5) is 12.3. The van der Waals surface area contributed by atoms with E-state index in [1.165, 1.54) is 0 Å². The van der Waals surface area contributed by atoms with Gasteiger partial charge in [-0.15, -0.1) is 0 Å². The highest BCUT2D eigenvalue weighted by Crippen LogP contribution is 2.32. The molecular weight excluding hydrogens is 314 g/mol. The first kappa shape index (κ1) is 16.3. The van der Waals surface area contributed by atoms with Gasteiger partial charge in [0.25, 0.3) is 11.3 Å². The summed E-state index contributed by atoms with van der Waals surface area (Å²) in [6, 6.07) is 6.75. The number of amides is 1. The van der Waals surface area contributed by atoms with Crippen LogP contribution in [0.4, 0.5) is 4.79 Å². The fourth-order valence-corrected chi connectivity index (χ4v) is 3.06. The molecule has 0 spiro atoms. The van der Waals surface area contributed by atoms with Crippen molar-refractivity contribution in [3.8, 4) is 0 Å². The molecule has 2 atom stereocenters. The molecule has 1 aromatic carbocycles. The van der Waals surface area contributed by atoms with E-state index < -0.39 is 23.0 Å². The minimum atomic E-state index is -1.85. The lowest BCUT2D eigenvalue weighted by Crippen LogP contribution is -2.44. The Morgan fingerprint density at radius 1 is 1.38 bits per heavy atom. The van der Waals surface area contributed by atoms with Gasteiger partial charge in [-0.1, -0.05) is 23.7 Å². The van der Waals surface area contributed by atoms with Gasteiger partial charge in [-0.2, -0.15) is 4.31 Å². The molecule has 7 heteroatoms. The van der Waals surface area contributed by atoms with Gasteiger partial charge in [0.15, 0.2) is 0 Å². The number of rotatable bonds is 1. The van der Waals surface area contributed by atoms with E-state index in [4.69, 9.17) is 20.5 Å². The second-order valence-electron chi connectivity index (χ2n) is 5.70. The highest BCUT2D eigenvalue weighted by atomic mass is 35.5. The SMILES string of the molecule is CC(C)(C)OC(=O)N1[C@H](c2ccc(Cl)cc2)CCOS1=O. The lowest BCUT2D eigenvalue weighted by atomic mass is 10.0. The molecule has 1 amide bonds. The van der Waals surface area contributed by atoms with Crippen molar-refractivity contribution < 1.29 is 17.9 Å². The molecule has 0 saturated carbocycles. The molecule has 1 unspecified atom stereocenters. The zero-order valence-electron chi connectivity index (χ0n) is 12.2. The number of halogens is 1. The Bertz CT molecular complexity index is 541. The molecule has 116 valence electrons. The van der Waals surface area contributed by atoms with Gasteiger partial charge in [0.2, 0.25) is 0 Å². The minimum absolute atomic E-state index is 0.319. The van der Waals surface area contributed by atoms with Crippen LogP contribution in [-0.4, -0.2) is 26.8 Å². The average Bonchev–Trinajstić information content (AvgIpc) is 2.37. The van der Waals surface area contributed by atoms with Crippen LogP contribution in [0.25, 0.3) is 0 Å². The molecule has 1 heterocycles. The zero-order chi connectivity index (χ0) is 15.6. The Labute approximate surface area is 132 Å². The monoisotopic (exact) mass is 331 g/mol. The molecule has 1 aliphatic rings. The van der Waals surface area contributed by atoms with E-state index in [9.17, 15) is 9.00 Å². The van der Waals surface area contributed by atoms with Crippen LogP contribution in [0.2, 0.25) is 5.02 Å². The van der Waals surface area contributed by atoms with E-state index in [1.54, 1.807) is 32.9 Å². The molecule has 1 aromatic rings. The Balaban J connectivity index is 2.27. The van der Waals surface area contributed by atoms with E-state index in [0.29, 0.717) is 18.1 Å². The minimum Gasteiger partial charge on any atom is -0.443 e. The molecule has 1 saturated heterocycles. The van der Waals surface area contributed by atoms with Crippen molar-refractivity contribution in [2.45, 2.75) is 38.8 Å². The molecule has 21 heavy (non-hydrogen) atoms. The maximum absolute atomic E-state index is 12.3. The highest BCUT2D eigenvalue weighted by molar-refractivity contribution is 7.78. The van der Waals surface area contributed by atoms with Crippen LogP contribution in [0.15, 0.2) is 24.3 Å². The Hall–Kier alpha value is -1.11. The van der Waals surface area contributed by atoms with Gasteiger partial charge in [0.1, 0.15) is 5.60 Å². The summed E-state index contributed by atoms with van der Waals surface area (Å²) in [5, 5.41) is 0.607. The summed E-state index contributed by atoms with van der Waals surface area (Å²) >= 11 is 4.02. The summed E-state index contributed by atoms with van der Waals surface area (Å²) in [5.41, 5.74) is 0.186. The average molecular weight is 332 g/mol. The molecule has 0 bridgehead atoms. The lowest BCUT2D eigenvalue weighted by Gasteiger charge is -2.34. The molecule has 2 rings (SSSR count). The third-order valence-electron chi connectivity index (χ3n) is 2.85. The molecular formula is C14H18ClNO4S. The van der Waals surface area contributed by atoms with Crippen molar-refractivity contribution >= 4 is 29.0 Å². The quantitative estimate of drug-likeness (QED) is 0.788. The summed E-state index contributed by atoms with van der Waals surface area (Å²) in [6.07, 6.45) is -0.104. The van der Waals surface area contributed by atoms with E-state index in [-0.39, 0.29) is 6.04 Å². The van der Waals surface area contributed by atoms with E-state index in [0.717, 1.165) is 9.87 Å². The third-order valence-corrected chi connectivity index (χ3v) is 4.19. The number of ether oxygens (including phenoxy) is 1. The van der Waals surface area contributed by atoms with Crippen molar-refractivity contribution in [3.05, 3.63) is 34.9 Å². The van der Waals surface area contributed by atoms with Crippen LogP contribution < -0.4 is 0 Å². The normalized spacial score (nSPS) is 23.0. The molecule has 0 N–H and O–H groups in total. The van der Waals surface area contributed by atoms with E-state index >= 15 is 0 Å². The van der Waals surface area contributed by atoms with Gasteiger partial charge in [0, 0.05) is 5.02 Å². The Kier molecular flexibility index (Phi) is 4.91. The summed E-state index contributed by atoms with van der Waals surface area (Å²) < 4.78 is 23.6. The van der Waals surface area contributed by atoms with Gasteiger partial charge in [0.05, 0.1) is 12.6 Å². The van der Waals surface area contributed by atoms with Gasteiger partial charge in [-0.25, -0.2) is 9.00 Å². The smallest absolute Gasteiger partial charge is 0.424 e. The molecule has 5 nitrogen and oxygen atoms in total. The number of hydrogen-bond donors (Lipinski definition) is 0. The van der Waals surface area contributed by atoms with Crippen LogP contribution in [0.3, 0.4) is 0 Å². The second-order valence-corrected chi connectivity index (χ2v) is 7.20. The van der Waals surface area contributed by atoms with Crippen LogP contribution in [0, 0.1) is 0 Å². The Morgan fingerprint density at radius 3 is 2.57 bits per heavy atom. The molecule has 0 radical (unpaired) electrons. The molecule has 1 aliphatic heterocycles. The van der Waals surface area contributed by atoms with Crippen LogP contribution >= 0.6 is 11.6 Å². The molecule has 0 aromatic heterocycles. The lowest BCUT2D eigenvalue weighted by molar-refractivity contribution is 0.0278. The predicted molar refractivity (Wildman–Crippen MR) is 81.0 cm³/mol. The van der Waals surface area contributed by atoms with Crippen LogP contribution in [0.5, 0.6) is 0 Å². The number of carbonyl (C=O) groups is 1. The van der Waals surface area contributed by atoms with Crippen molar-refractivity contribution in [2.75, 3.05) is 6.61 Å². The maximum Gasteiger partial charge on any atom is 0.424 e. The number of carbonyl (C=O) groups excluding carboxylic acids is 1. The van der Waals surface area contributed by atoms with Crippen LogP contribution in [-0.2, 0) is 20.2 Å². The first-order chi connectivity index (χ1) is 9.78. The molecule has 1 fully saturated rings. The zero-order valence-corrected chi connectivity index (χ0v) is 13.7. The second kappa shape index (κ2) is 6.34. The highest BCUT2D eigenvalue weighted by Gasteiger charge is 2.37. The summed E-state index contributed by atoms with van der Waals surface area (Å²) in [7, 11) is 0. The van der Waals surface area contributed by atoms with Gasteiger partial charge < -0.3 is 4.74 Å². The largest absolute Gasteiger partial charge is 0.443 e. The van der Waals surface area contributed by atoms with Gasteiger partial charge in [-0.05, 0) is 44.9 Å².